The quantitative estimate of drug-likeness (QED) is 0.724. The Balaban J connectivity index is 2.32. The second-order valence-corrected chi connectivity index (χ2v) is 3.86. The predicted octanol–water partition coefficient (Wildman–Crippen LogP) is 3.60. The Morgan fingerprint density at radius 1 is 1.33 bits per heavy atom. The fourth-order valence-electron chi connectivity index (χ4n) is 1.73. The number of rotatable bonds is 3. The third-order valence-electron chi connectivity index (χ3n) is 2.43. The van der Waals surface area contributed by atoms with Crippen LogP contribution in [-0.4, -0.2) is 4.57 Å². The van der Waals surface area contributed by atoms with Gasteiger partial charge in [-0.15, -0.1) is 0 Å². The lowest BCUT2D eigenvalue weighted by molar-refractivity contribution is 0.674. The summed E-state index contributed by atoms with van der Waals surface area (Å²) in [5.41, 5.74) is 1.07. The Morgan fingerprint density at radius 2 is 2.20 bits per heavy atom. The van der Waals surface area contributed by atoms with Gasteiger partial charge in [-0.25, -0.2) is 0 Å². The van der Waals surface area contributed by atoms with Crippen molar-refractivity contribution in [2.75, 3.05) is 0 Å². The van der Waals surface area contributed by atoms with E-state index in [1.807, 2.05) is 30.5 Å². The molecule has 0 unspecified atom stereocenters. The van der Waals surface area contributed by atoms with Crippen LogP contribution in [-0.2, 0) is 6.54 Å². The lowest BCUT2D eigenvalue weighted by Crippen LogP contribution is -1.95. The molecule has 1 heterocycles. The van der Waals surface area contributed by atoms with Gasteiger partial charge in [0.05, 0.1) is 16.6 Å². The third-order valence-corrected chi connectivity index (χ3v) is 2.73. The maximum absolute atomic E-state index is 8.48. The van der Waals surface area contributed by atoms with Crippen LogP contribution in [0.15, 0.2) is 30.5 Å². The molecule has 0 fully saturated rings. The summed E-state index contributed by atoms with van der Waals surface area (Å²) in [5.74, 6) is 0. The van der Waals surface area contributed by atoms with E-state index in [1.165, 1.54) is 0 Å². The molecule has 15 heavy (non-hydrogen) atoms. The monoisotopic (exact) mass is 218 g/mol. The molecule has 1 aromatic carbocycles. The molecule has 0 aliphatic rings. The van der Waals surface area contributed by atoms with E-state index in [2.05, 4.69) is 10.6 Å². The van der Waals surface area contributed by atoms with Crippen molar-refractivity contribution >= 4 is 22.5 Å². The molecule has 0 saturated heterocycles. The summed E-state index contributed by atoms with van der Waals surface area (Å²) in [7, 11) is 0. The van der Waals surface area contributed by atoms with E-state index in [9.17, 15) is 0 Å². The predicted molar refractivity (Wildman–Crippen MR) is 61.8 cm³/mol. The number of aryl methyl sites for hydroxylation is 1. The number of hydrogen-bond acceptors (Lipinski definition) is 1. The van der Waals surface area contributed by atoms with Gasteiger partial charge in [0.2, 0.25) is 0 Å². The first kappa shape index (κ1) is 10.1. The fourth-order valence-corrected chi connectivity index (χ4v) is 2.02. The Morgan fingerprint density at radius 3 is 3.00 bits per heavy atom. The second-order valence-electron chi connectivity index (χ2n) is 3.45. The summed E-state index contributed by atoms with van der Waals surface area (Å²) in [4.78, 5) is 0. The number of benzene rings is 1. The minimum absolute atomic E-state index is 0.587. The molecule has 2 nitrogen and oxygen atoms in total. The lowest BCUT2D eigenvalue weighted by Gasteiger charge is -2.04. The molecule has 0 aliphatic carbocycles. The third kappa shape index (κ3) is 1.98. The maximum atomic E-state index is 8.48. The number of nitriles is 1. The summed E-state index contributed by atoms with van der Waals surface area (Å²) in [6, 6.07) is 10.1. The van der Waals surface area contributed by atoms with Crippen LogP contribution >= 0.6 is 11.6 Å². The summed E-state index contributed by atoms with van der Waals surface area (Å²) in [6.45, 7) is 0.848. The van der Waals surface area contributed by atoms with Gasteiger partial charge in [0.1, 0.15) is 0 Å². The summed E-state index contributed by atoms with van der Waals surface area (Å²) < 4.78 is 2.11. The molecule has 0 amide bonds. The smallest absolute Gasteiger partial charge is 0.0669 e. The number of unbranched alkanes of at least 4 members (excludes halogenated alkanes) is 1. The zero-order valence-corrected chi connectivity index (χ0v) is 9.04. The van der Waals surface area contributed by atoms with Crippen molar-refractivity contribution in [1.82, 2.24) is 4.57 Å². The molecule has 0 N–H and O–H groups in total. The second kappa shape index (κ2) is 4.37. The Labute approximate surface area is 93.7 Å². The van der Waals surface area contributed by atoms with Crippen LogP contribution in [0.5, 0.6) is 0 Å². The van der Waals surface area contributed by atoms with Crippen molar-refractivity contribution in [3.05, 3.63) is 35.5 Å². The number of para-hydroxylation sites is 1. The lowest BCUT2D eigenvalue weighted by atomic mass is 10.2. The van der Waals surface area contributed by atoms with Crippen molar-refractivity contribution in [3.63, 3.8) is 0 Å². The molecule has 0 atom stereocenters. The van der Waals surface area contributed by atoms with Gasteiger partial charge in [0.25, 0.3) is 0 Å². The molecule has 0 spiro atoms. The molecular weight excluding hydrogens is 208 g/mol. The van der Waals surface area contributed by atoms with Gasteiger partial charge in [-0.05, 0) is 18.6 Å². The van der Waals surface area contributed by atoms with Crippen LogP contribution in [0.3, 0.4) is 0 Å². The zero-order valence-electron chi connectivity index (χ0n) is 8.28. The van der Waals surface area contributed by atoms with Gasteiger partial charge in [-0.2, -0.15) is 5.26 Å². The highest BCUT2D eigenvalue weighted by Gasteiger charge is 2.03. The first-order valence-electron chi connectivity index (χ1n) is 4.93. The highest BCUT2D eigenvalue weighted by Crippen LogP contribution is 2.24. The van der Waals surface area contributed by atoms with E-state index in [-0.39, 0.29) is 0 Å². The minimum atomic E-state index is 0.587. The average Bonchev–Trinajstić information content (AvgIpc) is 2.63. The Kier molecular flexibility index (Phi) is 2.94. The number of aromatic nitrogens is 1. The molecule has 76 valence electrons. The fraction of sp³-hybridized carbons (Fsp3) is 0.250. The maximum Gasteiger partial charge on any atom is 0.0669 e. The number of halogens is 1. The number of fused-ring (bicyclic) bond motifs is 1. The molecule has 0 aliphatic heterocycles. The van der Waals surface area contributed by atoms with E-state index in [0.29, 0.717) is 6.42 Å². The van der Waals surface area contributed by atoms with Gasteiger partial charge in [-0.3, -0.25) is 0 Å². The topological polar surface area (TPSA) is 28.7 Å². The van der Waals surface area contributed by atoms with Crippen LogP contribution in [0.1, 0.15) is 12.8 Å². The van der Waals surface area contributed by atoms with E-state index in [4.69, 9.17) is 16.9 Å². The van der Waals surface area contributed by atoms with Crippen molar-refractivity contribution in [1.29, 1.82) is 5.26 Å². The first-order chi connectivity index (χ1) is 7.33. The van der Waals surface area contributed by atoms with Crippen LogP contribution in [0.4, 0.5) is 0 Å². The van der Waals surface area contributed by atoms with Crippen molar-refractivity contribution in [3.8, 4) is 6.07 Å². The molecule has 0 bridgehead atoms. The van der Waals surface area contributed by atoms with Crippen LogP contribution in [0, 0.1) is 11.3 Å². The SMILES string of the molecule is N#CCCCn1ccc2cccc(Cl)c21. The molecule has 1 aromatic heterocycles. The minimum Gasteiger partial charge on any atom is -0.346 e. The summed E-state index contributed by atoms with van der Waals surface area (Å²) >= 11 is 6.13. The Bertz CT molecular complexity index is 508. The molecule has 2 rings (SSSR count). The van der Waals surface area contributed by atoms with E-state index in [1.54, 1.807) is 0 Å². The van der Waals surface area contributed by atoms with Gasteiger partial charge in [-0.1, -0.05) is 23.7 Å². The van der Waals surface area contributed by atoms with Crippen molar-refractivity contribution in [2.24, 2.45) is 0 Å². The first-order valence-corrected chi connectivity index (χ1v) is 5.31. The molecule has 2 aromatic rings. The van der Waals surface area contributed by atoms with Gasteiger partial charge >= 0.3 is 0 Å². The molecule has 0 radical (unpaired) electrons. The van der Waals surface area contributed by atoms with Gasteiger partial charge in [0.15, 0.2) is 0 Å². The largest absolute Gasteiger partial charge is 0.346 e. The summed E-state index contributed by atoms with van der Waals surface area (Å²) in [5, 5.41) is 10.4. The average molecular weight is 219 g/mol. The van der Waals surface area contributed by atoms with Crippen LogP contribution in [0.25, 0.3) is 10.9 Å². The van der Waals surface area contributed by atoms with Crippen LogP contribution in [0.2, 0.25) is 5.02 Å². The zero-order chi connectivity index (χ0) is 10.7. The van der Waals surface area contributed by atoms with E-state index < -0.39 is 0 Å². The highest BCUT2D eigenvalue weighted by molar-refractivity contribution is 6.35. The molecule has 0 saturated carbocycles. The Hall–Kier alpha value is -1.46. The van der Waals surface area contributed by atoms with E-state index >= 15 is 0 Å². The standard InChI is InChI=1S/C12H11ClN2/c13-11-5-3-4-10-6-9-15(12(10)11)8-2-1-7-14/h3-6,9H,1-2,8H2. The van der Waals surface area contributed by atoms with Crippen molar-refractivity contribution < 1.29 is 0 Å². The molecule has 3 heteroatoms. The van der Waals surface area contributed by atoms with Gasteiger partial charge < -0.3 is 4.57 Å². The number of nitrogens with zero attached hydrogens (tertiary/aromatic N) is 2. The normalized spacial score (nSPS) is 10.4. The van der Waals surface area contributed by atoms with Crippen LogP contribution < -0.4 is 0 Å². The van der Waals surface area contributed by atoms with Gasteiger partial charge in [0, 0.05) is 24.5 Å². The number of hydrogen-bond donors (Lipinski definition) is 0. The summed E-state index contributed by atoms with van der Waals surface area (Å²) in [6.07, 6.45) is 3.48. The van der Waals surface area contributed by atoms with Crippen molar-refractivity contribution in [2.45, 2.75) is 19.4 Å². The highest BCUT2D eigenvalue weighted by atomic mass is 35.5. The molecular formula is C12H11ClN2. The van der Waals surface area contributed by atoms with E-state index in [0.717, 1.165) is 28.9 Å².